The number of esters is 1. The molecule has 1 unspecified atom stereocenters. The van der Waals surface area contributed by atoms with E-state index in [9.17, 15) is 4.79 Å². The van der Waals surface area contributed by atoms with Gasteiger partial charge in [-0.3, -0.25) is 4.79 Å². The van der Waals surface area contributed by atoms with Crippen LogP contribution in [-0.2, 0) is 11.2 Å². The molecule has 39 heavy (non-hydrogen) atoms. The van der Waals surface area contributed by atoms with Crippen LogP contribution in [0.3, 0.4) is 0 Å². The van der Waals surface area contributed by atoms with Crippen molar-refractivity contribution >= 4 is 5.97 Å². The van der Waals surface area contributed by atoms with E-state index in [0.717, 1.165) is 44.4 Å². The predicted molar refractivity (Wildman–Crippen MR) is 164 cm³/mol. The van der Waals surface area contributed by atoms with E-state index >= 15 is 0 Å². The Hall–Kier alpha value is -2.87. The predicted octanol–water partition coefficient (Wildman–Crippen LogP) is 10.6. The number of ether oxygens (including phenoxy) is 1. The van der Waals surface area contributed by atoms with Crippen molar-refractivity contribution in [2.75, 3.05) is 0 Å². The van der Waals surface area contributed by atoms with Crippen molar-refractivity contribution in [3.63, 3.8) is 0 Å². The summed E-state index contributed by atoms with van der Waals surface area (Å²) >= 11 is 0. The first-order valence-electron chi connectivity index (χ1n) is 15.6. The fourth-order valence-electron chi connectivity index (χ4n) is 6.16. The van der Waals surface area contributed by atoms with Gasteiger partial charge in [-0.05, 0) is 97.6 Å². The smallest absolute Gasteiger partial charge is 0.314 e. The number of rotatable bonds is 14. The average molecular weight is 525 g/mol. The number of aryl methyl sites for hydroxylation is 1. The van der Waals surface area contributed by atoms with Crippen LogP contribution in [0.1, 0.15) is 108 Å². The second-order valence-corrected chi connectivity index (χ2v) is 11.6. The van der Waals surface area contributed by atoms with Crippen molar-refractivity contribution in [3.8, 4) is 16.9 Å². The minimum absolute atomic E-state index is 0.0355. The molecule has 1 aliphatic carbocycles. The van der Waals surface area contributed by atoms with Gasteiger partial charge < -0.3 is 4.74 Å². The number of hydrogen-bond acceptors (Lipinski definition) is 2. The number of unbranched alkanes of at least 4 members (excludes halogenated alkanes) is 2. The minimum Gasteiger partial charge on any atom is -0.426 e. The summed E-state index contributed by atoms with van der Waals surface area (Å²) in [6, 6.07) is 27.8. The summed E-state index contributed by atoms with van der Waals surface area (Å²) in [6.45, 7) is 4.48. The Labute approximate surface area is 237 Å². The summed E-state index contributed by atoms with van der Waals surface area (Å²) in [6.07, 6.45) is 15.3. The minimum atomic E-state index is -0.0629. The first kappa shape index (κ1) is 29.1. The van der Waals surface area contributed by atoms with Gasteiger partial charge in [-0.25, -0.2) is 0 Å². The summed E-state index contributed by atoms with van der Waals surface area (Å²) in [5.74, 6) is 2.18. The molecule has 0 amide bonds. The van der Waals surface area contributed by atoms with E-state index in [1.807, 2.05) is 18.2 Å². The van der Waals surface area contributed by atoms with Crippen molar-refractivity contribution in [1.29, 1.82) is 0 Å². The molecule has 1 saturated carbocycles. The molecule has 0 aromatic heterocycles. The molecular weight excluding hydrogens is 476 g/mol. The van der Waals surface area contributed by atoms with Gasteiger partial charge >= 0.3 is 5.97 Å². The molecule has 4 rings (SSSR count). The second-order valence-electron chi connectivity index (χ2n) is 11.6. The summed E-state index contributed by atoms with van der Waals surface area (Å²) in [4.78, 5) is 13.1. The molecule has 0 radical (unpaired) electrons. The van der Waals surface area contributed by atoms with Crippen LogP contribution in [0.5, 0.6) is 5.75 Å². The van der Waals surface area contributed by atoms with Crippen LogP contribution < -0.4 is 4.74 Å². The molecule has 0 N–H and O–H groups in total. The normalized spacial score (nSPS) is 18.0. The lowest BCUT2D eigenvalue weighted by atomic mass is 9.77. The topological polar surface area (TPSA) is 26.3 Å². The third kappa shape index (κ3) is 9.09. The van der Waals surface area contributed by atoms with Gasteiger partial charge in [-0.15, -0.1) is 0 Å². The molecule has 0 heterocycles. The third-order valence-electron chi connectivity index (χ3n) is 8.70. The van der Waals surface area contributed by atoms with Crippen LogP contribution in [0.4, 0.5) is 0 Å². The lowest BCUT2D eigenvalue weighted by Crippen LogP contribution is -2.21. The maximum atomic E-state index is 13.1. The zero-order valence-corrected chi connectivity index (χ0v) is 24.2. The first-order chi connectivity index (χ1) is 19.2. The molecule has 1 aliphatic rings. The molecule has 3 aromatic carbocycles. The van der Waals surface area contributed by atoms with Gasteiger partial charge in [0.1, 0.15) is 5.75 Å². The fraction of sp³-hybridized carbons (Fsp3) is 0.486. The van der Waals surface area contributed by atoms with Crippen molar-refractivity contribution < 1.29 is 9.53 Å². The fourth-order valence-corrected chi connectivity index (χ4v) is 6.16. The molecule has 0 bridgehead atoms. The Morgan fingerprint density at radius 1 is 0.744 bits per heavy atom. The van der Waals surface area contributed by atoms with Crippen molar-refractivity contribution in [2.24, 2.45) is 11.8 Å². The molecule has 2 heteroatoms. The summed E-state index contributed by atoms with van der Waals surface area (Å²) < 4.78 is 5.91. The summed E-state index contributed by atoms with van der Waals surface area (Å²) in [5, 5.41) is 0. The highest BCUT2D eigenvalue weighted by Gasteiger charge is 2.23. The number of carbonyl (C=O) groups is 1. The van der Waals surface area contributed by atoms with E-state index in [0.29, 0.717) is 11.7 Å². The Balaban J connectivity index is 1.25. The van der Waals surface area contributed by atoms with Crippen molar-refractivity contribution in [1.82, 2.24) is 0 Å². The average Bonchev–Trinajstić information content (AvgIpc) is 2.99. The number of hydrogen-bond donors (Lipinski definition) is 0. The molecule has 1 atom stereocenters. The molecule has 0 spiro atoms. The quantitative estimate of drug-likeness (QED) is 0.155. The lowest BCUT2D eigenvalue weighted by molar-refractivity contribution is -0.139. The molecule has 0 saturated heterocycles. The van der Waals surface area contributed by atoms with Crippen LogP contribution in [-0.4, -0.2) is 5.97 Å². The highest BCUT2D eigenvalue weighted by Crippen LogP contribution is 2.38. The van der Waals surface area contributed by atoms with Gasteiger partial charge in [-0.2, -0.15) is 0 Å². The molecule has 208 valence electrons. The monoisotopic (exact) mass is 524 g/mol. The summed E-state index contributed by atoms with van der Waals surface area (Å²) in [7, 11) is 0. The Morgan fingerprint density at radius 3 is 2.05 bits per heavy atom. The molecule has 0 aliphatic heterocycles. The molecule has 1 fully saturated rings. The van der Waals surface area contributed by atoms with E-state index < -0.39 is 0 Å². The Kier molecular flexibility index (Phi) is 11.7. The maximum absolute atomic E-state index is 13.1. The van der Waals surface area contributed by atoms with Gasteiger partial charge in [0.25, 0.3) is 0 Å². The number of carbonyl (C=O) groups excluding carboxylic acids is 1. The van der Waals surface area contributed by atoms with Crippen LogP contribution >= 0.6 is 0 Å². The van der Waals surface area contributed by atoms with E-state index in [4.69, 9.17) is 4.74 Å². The van der Waals surface area contributed by atoms with Crippen LogP contribution in [0.2, 0.25) is 0 Å². The molecule has 2 nitrogen and oxygen atoms in total. The first-order valence-corrected chi connectivity index (χ1v) is 15.6. The van der Waals surface area contributed by atoms with Crippen LogP contribution in [0.25, 0.3) is 11.1 Å². The third-order valence-corrected chi connectivity index (χ3v) is 8.70. The van der Waals surface area contributed by atoms with Crippen molar-refractivity contribution in [3.05, 3.63) is 90.0 Å². The molecule has 3 aromatic rings. The van der Waals surface area contributed by atoms with E-state index in [2.05, 4.69) is 74.5 Å². The van der Waals surface area contributed by atoms with Gasteiger partial charge in [-0.1, -0.05) is 113 Å². The van der Waals surface area contributed by atoms with Crippen molar-refractivity contribution in [2.45, 2.75) is 103 Å². The van der Waals surface area contributed by atoms with E-state index in [1.165, 1.54) is 67.2 Å². The number of benzene rings is 3. The lowest BCUT2D eigenvalue weighted by Gasteiger charge is -2.29. The highest BCUT2D eigenvalue weighted by molar-refractivity contribution is 5.75. The van der Waals surface area contributed by atoms with Crippen LogP contribution in [0.15, 0.2) is 78.9 Å². The van der Waals surface area contributed by atoms with Crippen LogP contribution in [0, 0.1) is 11.8 Å². The molecular formula is C37H48O2. The zero-order chi connectivity index (χ0) is 27.3. The Bertz CT molecular complexity index is 1090. The van der Waals surface area contributed by atoms with Gasteiger partial charge in [0.05, 0.1) is 5.92 Å². The SMILES string of the molecule is CCCCC(CCCc1ccc(-c2ccccc2)cc1)C(=O)Oc1ccc([C@H]2CC[C@H](CCCC)CC2)cc1. The zero-order valence-electron chi connectivity index (χ0n) is 24.2. The highest BCUT2D eigenvalue weighted by atomic mass is 16.5. The van der Waals surface area contributed by atoms with Gasteiger partial charge in [0, 0.05) is 0 Å². The Morgan fingerprint density at radius 2 is 1.38 bits per heavy atom. The van der Waals surface area contributed by atoms with Gasteiger partial charge in [0.15, 0.2) is 0 Å². The summed E-state index contributed by atoms with van der Waals surface area (Å²) in [5.41, 5.74) is 5.22. The largest absolute Gasteiger partial charge is 0.426 e. The van der Waals surface area contributed by atoms with E-state index in [1.54, 1.807) is 0 Å². The standard InChI is InChI=1S/C37H48O2/c1-3-5-11-29-17-23-33(24-18-29)34-25-27-36(28-26-34)39-37(38)35(13-6-4-2)16-10-12-30-19-21-32(22-20-30)31-14-8-7-9-15-31/h7-9,14-15,19-22,25-29,33,35H,3-6,10-13,16-18,23-24H2,1-2H3/t29-,33-,35?. The van der Waals surface area contributed by atoms with E-state index in [-0.39, 0.29) is 11.9 Å². The van der Waals surface area contributed by atoms with Gasteiger partial charge in [0.2, 0.25) is 0 Å². The second kappa shape index (κ2) is 15.7. The maximum Gasteiger partial charge on any atom is 0.314 e.